The number of ether oxygens (including phenoxy) is 2. The Morgan fingerprint density at radius 2 is 1.82 bits per heavy atom. The zero-order chi connectivity index (χ0) is 12.6. The van der Waals surface area contributed by atoms with E-state index < -0.39 is 5.63 Å². The maximum Gasteiger partial charge on any atom is 0.336 e. The van der Waals surface area contributed by atoms with Gasteiger partial charge in [-0.15, -0.1) is 0 Å². The molecule has 1 aromatic carbocycles. The van der Waals surface area contributed by atoms with Crippen molar-refractivity contribution in [1.29, 1.82) is 0 Å². The Morgan fingerprint density at radius 1 is 1.18 bits per heavy atom. The van der Waals surface area contributed by atoms with E-state index in [-0.39, 0.29) is 17.1 Å². The number of methoxy groups -OCH3 is 2. The number of phenols is 1. The first kappa shape index (κ1) is 11.3. The third-order valence-electron chi connectivity index (χ3n) is 2.56. The van der Waals surface area contributed by atoms with E-state index in [0.717, 1.165) is 0 Å². The summed E-state index contributed by atoms with van der Waals surface area (Å²) in [6.45, 7) is 1.74. The molecule has 0 saturated heterocycles. The molecule has 0 bridgehead atoms. The molecule has 90 valence electrons. The Kier molecular flexibility index (Phi) is 2.67. The van der Waals surface area contributed by atoms with E-state index in [9.17, 15) is 9.90 Å². The lowest BCUT2D eigenvalue weighted by Gasteiger charge is -2.11. The van der Waals surface area contributed by atoms with Gasteiger partial charge in [0.15, 0.2) is 11.3 Å². The molecule has 1 N–H and O–H groups in total. The molecule has 5 nitrogen and oxygen atoms in total. The first-order valence-corrected chi connectivity index (χ1v) is 4.97. The van der Waals surface area contributed by atoms with Crippen LogP contribution in [0.5, 0.6) is 17.2 Å². The van der Waals surface area contributed by atoms with Gasteiger partial charge in [-0.05, 0) is 12.5 Å². The van der Waals surface area contributed by atoms with Crippen LogP contribution in [0.4, 0.5) is 0 Å². The third kappa shape index (κ3) is 1.69. The molecule has 0 aliphatic rings. The van der Waals surface area contributed by atoms with Crippen molar-refractivity contribution in [3.63, 3.8) is 0 Å². The molecule has 0 fully saturated rings. The second-order valence-electron chi connectivity index (χ2n) is 3.58. The first-order valence-electron chi connectivity index (χ1n) is 4.97. The van der Waals surface area contributed by atoms with Gasteiger partial charge in [0.1, 0.15) is 5.75 Å². The molecule has 0 amide bonds. The van der Waals surface area contributed by atoms with Crippen molar-refractivity contribution in [1.82, 2.24) is 0 Å². The van der Waals surface area contributed by atoms with E-state index in [0.29, 0.717) is 16.7 Å². The van der Waals surface area contributed by atoms with Crippen LogP contribution in [-0.4, -0.2) is 19.3 Å². The van der Waals surface area contributed by atoms with Crippen LogP contribution in [0.15, 0.2) is 21.3 Å². The molecule has 0 unspecified atom stereocenters. The second kappa shape index (κ2) is 4.01. The fourth-order valence-electron chi connectivity index (χ4n) is 1.77. The third-order valence-corrected chi connectivity index (χ3v) is 2.56. The van der Waals surface area contributed by atoms with Crippen LogP contribution in [0.1, 0.15) is 5.56 Å². The predicted octanol–water partition coefficient (Wildman–Crippen LogP) is 1.82. The molecule has 0 spiro atoms. The first-order chi connectivity index (χ1) is 8.08. The van der Waals surface area contributed by atoms with E-state index in [1.165, 1.54) is 20.3 Å². The molecule has 2 aromatic rings. The summed E-state index contributed by atoms with van der Waals surface area (Å²) in [5.74, 6) is 0.475. The number of hydrogen-bond acceptors (Lipinski definition) is 5. The number of hydrogen-bond donors (Lipinski definition) is 1. The van der Waals surface area contributed by atoms with Gasteiger partial charge in [0.05, 0.1) is 19.6 Å². The summed E-state index contributed by atoms with van der Waals surface area (Å²) >= 11 is 0. The van der Waals surface area contributed by atoms with Gasteiger partial charge in [0, 0.05) is 12.1 Å². The van der Waals surface area contributed by atoms with Gasteiger partial charge in [-0.25, -0.2) is 4.79 Å². The Bertz CT molecular complexity index is 627. The molecule has 0 saturated carbocycles. The highest BCUT2D eigenvalue weighted by atomic mass is 16.5. The van der Waals surface area contributed by atoms with Gasteiger partial charge in [-0.2, -0.15) is 0 Å². The minimum atomic E-state index is -0.527. The molecule has 0 aliphatic carbocycles. The van der Waals surface area contributed by atoms with Gasteiger partial charge in [0.2, 0.25) is 5.75 Å². The minimum Gasteiger partial charge on any atom is -0.502 e. The van der Waals surface area contributed by atoms with Crippen LogP contribution in [0.3, 0.4) is 0 Å². The van der Waals surface area contributed by atoms with E-state index in [1.807, 2.05) is 0 Å². The molecule has 2 rings (SSSR count). The molecule has 0 radical (unpaired) electrons. The molecule has 0 atom stereocenters. The maximum atomic E-state index is 11.3. The summed E-state index contributed by atoms with van der Waals surface area (Å²) in [4.78, 5) is 11.3. The quantitative estimate of drug-likeness (QED) is 0.805. The van der Waals surface area contributed by atoms with Gasteiger partial charge in [-0.3, -0.25) is 0 Å². The Labute approximate surface area is 97.2 Å². The van der Waals surface area contributed by atoms with E-state index in [4.69, 9.17) is 13.9 Å². The number of aromatic hydroxyl groups is 1. The largest absolute Gasteiger partial charge is 0.502 e. The number of benzene rings is 1. The number of rotatable bonds is 2. The predicted molar refractivity (Wildman–Crippen MR) is 62.0 cm³/mol. The standard InChI is InChI=1S/C12H12O5/c1-6-4-9(13)17-12-10(6)7(15-2)5-8(16-3)11(12)14/h4-5,14H,1-3H3. The minimum absolute atomic E-state index is 0.0752. The molecule has 1 aromatic heterocycles. The Hall–Kier alpha value is -2.17. The van der Waals surface area contributed by atoms with Crippen molar-refractivity contribution < 1.29 is 19.0 Å². The van der Waals surface area contributed by atoms with E-state index in [2.05, 4.69) is 0 Å². The van der Waals surface area contributed by atoms with Gasteiger partial charge < -0.3 is 19.0 Å². The molecule has 1 heterocycles. The van der Waals surface area contributed by atoms with E-state index >= 15 is 0 Å². The SMILES string of the molecule is COc1cc(OC)c2c(C)cc(=O)oc2c1O. The fourth-order valence-corrected chi connectivity index (χ4v) is 1.77. The second-order valence-corrected chi connectivity index (χ2v) is 3.58. The average Bonchev–Trinajstić information content (AvgIpc) is 2.30. The van der Waals surface area contributed by atoms with Crippen molar-refractivity contribution in [2.75, 3.05) is 14.2 Å². The molecular weight excluding hydrogens is 224 g/mol. The van der Waals surface area contributed by atoms with Gasteiger partial charge >= 0.3 is 5.63 Å². The lowest BCUT2D eigenvalue weighted by atomic mass is 10.1. The zero-order valence-electron chi connectivity index (χ0n) is 9.73. The van der Waals surface area contributed by atoms with Crippen LogP contribution >= 0.6 is 0 Å². The highest BCUT2D eigenvalue weighted by Crippen LogP contribution is 2.41. The summed E-state index contributed by atoms with van der Waals surface area (Å²) < 4.78 is 15.2. The number of phenolic OH excluding ortho intramolecular Hbond substituents is 1. The number of aryl methyl sites for hydroxylation is 1. The maximum absolute atomic E-state index is 11.3. The lowest BCUT2D eigenvalue weighted by molar-refractivity contribution is 0.362. The van der Waals surface area contributed by atoms with Crippen LogP contribution < -0.4 is 15.1 Å². The van der Waals surface area contributed by atoms with Crippen molar-refractivity contribution in [2.24, 2.45) is 0 Å². The molecule has 0 aliphatic heterocycles. The van der Waals surface area contributed by atoms with Crippen LogP contribution in [0, 0.1) is 6.92 Å². The summed E-state index contributed by atoms with van der Waals surface area (Å²) in [5, 5.41) is 10.5. The smallest absolute Gasteiger partial charge is 0.336 e. The summed E-state index contributed by atoms with van der Waals surface area (Å²) in [5.41, 5.74) is 0.220. The Balaban J connectivity index is 2.99. The summed E-state index contributed by atoms with van der Waals surface area (Å²) in [7, 11) is 2.91. The molecule has 17 heavy (non-hydrogen) atoms. The summed E-state index contributed by atoms with van der Waals surface area (Å²) in [6, 6.07) is 2.89. The van der Waals surface area contributed by atoms with Gasteiger partial charge in [0.25, 0.3) is 0 Å². The van der Waals surface area contributed by atoms with Crippen LogP contribution in [-0.2, 0) is 0 Å². The molecule has 5 heteroatoms. The zero-order valence-corrected chi connectivity index (χ0v) is 9.73. The fraction of sp³-hybridized carbons (Fsp3) is 0.250. The normalized spacial score (nSPS) is 10.5. The molecular formula is C12H12O5. The summed E-state index contributed by atoms with van der Waals surface area (Å²) in [6.07, 6.45) is 0. The highest BCUT2D eigenvalue weighted by molar-refractivity contribution is 5.93. The van der Waals surface area contributed by atoms with Crippen LogP contribution in [0.2, 0.25) is 0 Å². The topological polar surface area (TPSA) is 68.9 Å². The Morgan fingerprint density at radius 3 is 2.41 bits per heavy atom. The lowest BCUT2D eigenvalue weighted by Crippen LogP contribution is -2.00. The van der Waals surface area contributed by atoms with Gasteiger partial charge in [-0.1, -0.05) is 0 Å². The number of fused-ring (bicyclic) bond motifs is 1. The van der Waals surface area contributed by atoms with Crippen molar-refractivity contribution >= 4 is 11.0 Å². The van der Waals surface area contributed by atoms with Crippen LogP contribution in [0.25, 0.3) is 11.0 Å². The average molecular weight is 236 g/mol. The highest BCUT2D eigenvalue weighted by Gasteiger charge is 2.17. The van der Waals surface area contributed by atoms with E-state index in [1.54, 1.807) is 13.0 Å². The van der Waals surface area contributed by atoms with Crippen molar-refractivity contribution in [3.05, 3.63) is 28.1 Å². The van der Waals surface area contributed by atoms with Crippen molar-refractivity contribution in [3.8, 4) is 17.2 Å². The monoisotopic (exact) mass is 236 g/mol. The van der Waals surface area contributed by atoms with Crippen molar-refractivity contribution in [2.45, 2.75) is 6.92 Å².